The van der Waals surface area contributed by atoms with Crippen LogP contribution < -0.4 is 5.43 Å². The molecule has 0 bridgehead atoms. The second-order valence-corrected chi connectivity index (χ2v) is 5.65. The van der Waals surface area contributed by atoms with Crippen LogP contribution >= 0.6 is 15.9 Å². The number of rotatable bonds is 0. The second-order valence-electron chi connectivity index (χ2n) is 4.86. The molecule has 2 aromatic rings. The summed E-state index contributed by atoms with van der Waals surface area (Å²) in [4.78, 5) is 15.8. The zero-order valence-corrected chi connectivity index (χ0v) is 11.7. The van der Waals surface area contributed by atoms with Gasteiger partial charge >= 0.3 is 0 Å². The molecule has 1 aliphatic rings. The third-order valence-corrected chi connectivity index (χ3v) is 4.44. The maximum atomic E-state index is 13.7. The number of benzene rings is 1. The molecule has 3 rings (SSSR count). The first-order valence-electron chi connectivity index (χ1n) is 6.12. The van der Waals surface area contributed by atoms with Gasteiger partial charge in [0, 0.05) is 11.3 Å². The lowest BCUT2D eigenvalue weighted by atomic mass is 9.93. The van der Waals surface area contributed by atoms with Crippen molar-refractivity contribution in [1.82, 2.24) is 4.98 Å². The van der Waals surface area contributed by atoms with Crippen LogP contribution in [0.2, 0.25) is 0 Å². The molecule has 2 nitrogen and oxygen atoms in total. The van der Waals surface area contributed by atoms with Crippen molar-refractivity contribution in [2.24, 2.45) is 0 Å². The minimum absolute atomic E-state index is 0.0204. The first-order chi connectivity index (χ1) is 8.59. The summed E-state index contributed by atoms with van der Waals surface area (Å²) < 4.78 is 14.0. The monoisotopic (exact) mass is 309 g/mol. The molecule has 0 spiro atoms. The average Bonchev–Trinajstić information content (AvgIpc) is 2.36. The molecule has 0 radical (unpaired) electrons. The van der Waals surface area contributed by atoms with Crippen LogP contribution in [0.3, 0.4) is 0 Å². The first-order valence-corrected chi connectivity index (χ1v) is 6.91. The minimum atomic E-state index is -0.374. The number of aromatic nitrogens is 1. The van der Waals surface area contributed by atoms with E-state index >= 15 is 0 Å². The lowest BCUT2D eigenvalue weighted by Crippen LogP contribution is -2.19. The summed E-state index contributed by atoms with van der Waals surface area (Å²) in [7, 11) is 0. The van der Waals surface area contributed by atoms with Crippen molar-refractivity contribution in [2.45, 2.75) is 32.6 Å². The van der Waals surface area contributed by atoms with E-state index in [0.29, 0.717) is 5.39 Å². The van der Waals surface area contributed by atoms with Crippen molar-refractivity contribution in [3.63, 3.8) is 0 Å². The van der Waals surface area contributed by atoms with Gasteiger partial charge in [-0.3, -0.25) is 4.79 Å². The number of fused-ring (bicyclic) bond motifs is 2. The Morgan fingerprint density at radius 1 is 1.33 bits per heavy atom. The number of aryl methyl sites for hydroxylation is 2. The van der Waals surface area contributed by atoms with E-state index in [0.717, 1.165) is 48.0 Å². The molecule has 1 aliphatic carbocycles. The largest absolute Gasteiger partial charge is 0.358 e. The molecule has 0 amide bonds. The normalized spacial score (nSPS) is 14.8. The predicted octanol–water partition coefficient (Wildman–Crippen LogP) is 3.62. The molecule has 0 unspecified atom stereocenters. The highest BCUT2D eigenvalue weighted by atomic mass is 79.9. The van der Waals surface area contributed by atoms with Crippen molar-refractivity contribution in [3.05, 3.63) is 43.4 Å². The summed E-state index contributed by atoms with van der Waals surface area (Å²) in [6.45, 7) is 1.82. The van der Waals surface area contributed by atoms with Crippen LogP contribution in [0.4, 0.5) is 4.39 Å². The molecule has 1 N–H and O–H groups in total. The standard InChI is InChI=1S/C14H13BrFNO/c1-7-6-9(16)12(15)11-13(7)17-10-5-3-2-4-8(10)14(11)18/h6H,2-5H2,1H3,(H,17,18). The third-order valence-electron chi connectivity index (χ3n) is 3.66. The summed E-state index contributed by atoms with van der Waals surface area (Å²) in [6.07, 6.45) is 3.85. The number of hydrogen-bond donors (Lipinski definition) is 1. The van der Waals surface area contributed by atoms with E-state index in [1.54, 1.807) is 0 Å². The zero-order valence-electron chi connectivity index (χ0n) is 10.1. The number of H-pyrrole nitrogens is 1. The zero-order chi connectivity index (χ0) is 12.9. The molecule has 1 aromatic heterocycles. The Morgan fingerprint density at radius 3 is 2.83 bits per heavy atom. The van der Waals surface area contributed by atoms with Gasteiger partial charge in [0.2, 0.25) is 0 Å². The fraction of sp³-hybridized carbons (Fsp3) is 0.357. The molecule has 0 saturated carbocycles. The Hall–Kier alpha value is -1.16. The fourth-order valence-electron chi connectivity index (χ4n) is 2.72. The van der Waals surface area contributed by atoms with E-state index in [4.69, 9.17) is 0 Å². The molecule has 1 heterocycles. The van der Waals surface area contributed by atoms with Gasteiger partial charge in [-0.15, -0.1) is 0 Å². The van der Waals surface area contributed by atoms with E-state index in [2.05, 4.69) is 20.9 Å². The minimum Gasteiger partial charge on any atom is -0.358 e. The van der Waals surface area contributed by atoms with E-state index in [1.165, 1.54) is 6.07 Å². The molecule has 0 fully saturated rings. The van der Waals surface area contributed by atoms with Crippen LogP contribution in [0.5, 0.6) is 0 Å². The summed E-state index contributed by atoms with van der Waals surface area (Å²) in [5.74, 6) is -0.374. The SMILES string of the molecule is Cc1cc(F)c(Br)c2c(=O)c3c([nH]c12)CCCC3. The lowest BCUT2D eigenvalue weighted by molar-refractivity contribution is 0.621. The van der Waals surface area contributed by atoms with Crippen LogP contribution in [-0.2, 0) is 12.8 Å². The highest BCUT2D eigenvalue weighted by Crippen LogP contribution is 2.28. The first kappa shape index (κ1) is 11.9. The maximum absolute atomic E-state index is 13.7. The third kappa shape index (κ3) is 1.62. The van der Waals surface area contributed by atoms with Crippen LogP contribution in [0.15, 0.2) is 15.3 Å². The highest BCUT2D eigenvalue weighted by molar-refractivity contribution is 9.10. The van der Waals surface area contributed by atoms with Crippen LogP contribution in [0.25, 0.3) is 10.9 Å². The van der Waals surface area contributed by atoms with Crippen LogP contribution in [0.1, 0.15) is 29.7 Å². The van der Waals surface area contributed by atoms with E-state index in [9.17, 15) is 9.18 Å². The molecular formula is C14H13BrFNO. The smallest absolute Gasteiger partial charge is 0.194 e. The van der Waals surface area contributed by atoms with Gasteiger partial charge in [0.1, 0.15) is 5.82 Å². The predicted molar refractivity (Wildman–Crippen MR) is 73.6 cm³/mol. The maximum Gasteiger partial charge on any atom is 0.194 e. The number of aromatic amines is 1. The Kier molecular flexibility index (Phi) is 2.77. The van der Waals surface area contributed by atoms with Gasteiger partial charge in [0.05, 0.1) is 15.4 Å². The van der Waals surface area contributed by atoms with Crippen LogP contribution in [0, 0.1) is 12.7 Å². The topological polar surface area (TPSA) is 32.9 Å². The highest BCUT2D eigenvalue weighted by Gasteiger charge is 2.19. The van der Waals surface area contributed by atoms with E-state index in [1.807, 2.05) is 6.92 Å². The Balaban J connectivity index is 2.50. The molecule has 0 saturated heterocycles. The van der Waals surface area contributed by atoms with Crippen LogP contribution in [-0.4, -0.2) is 4.98 Å². The lowest BCUT2D eigenvalue weighted by Gasteiger charge is -2.17. The molecule has 4 heteroatoms. The summed E-state index contributed by atoms with van der Waals surface area (Å²) in [5.41, 5.74) is 3.37. The van der Waals surface area contributed by atoms with Crippen molar-refractivity contribution in [3.8, 4) is 0 Å². The van der Waals surface area contributed by atoms with E-state index in [-0.39, 0.29) is 15.7 Å². The molecule has 0 aliphatic heterocycles. The Morgan fingerprint density at radius 2 is 2.06 bits per heavy atom. The molecule has 0 atom stereocenters. The number of pyridine rings is 1. The number of nitrogens with one attached hydrogen (secondary N) is 1. The van der Waals surface area contributed by atoms with Crippen molar-refractivity contribution in [2.75, 3.05) is 0 Å². The van der Waals surface area contributed by atoms with E-state index < -0.39 is 0 Å². The quantitative estimate of drug-likeness (QED) is 0.792. The molecule has 1 aromatic carbocycles. The summed E-state index contributed by atoms with van der Waals surface area (Å²) in [6, 6.07) is 1.46. The second kappa shape index (κ2) is 4.19. The Bertz CT molecular complexity index is 705. The van der Waals surface area contributed by atoms with Gasteiger partial charge in [0.15, 0.2) is 5.43 Å². The van der Waals surface area contributed by atoms with Gasteiger partial charge in [-0.25, -0.2) is 4.39 Å². The van der Waals surface area contributed by atoms with Gasteiger partial charge in [-0.05, 0) is 60.2 Å². The molecule has 94 valence electrons. The fourth-order valence-corrected chi connectivity index (χ4v) is 3.21. The summed E-state index contributed by atoms with van der Waals surface area (Å²) >= 11 is 3.20. The van der Waals surface area contributed by atoms with Crippen molar-refractivity contribution >= 4 is 26.8 Å². The molecular weight excluding hydrogens is 297 g/mol. The molecule has 18 heavy (non-hydrogen) atoms. The average molecular weight is 310 g/mol. The van der Waals surface area contributed by atoms with Crippen molar-refractivity contribution in [1.29, 1.82) is 0 Å². The summed E-state index contributed by atoms with van der Waals surface area (Å²) in [5, 5.41) is 0.452. The van der Waals surface area contributed by atoms with Gasteiger partial charge in [-0.1, -0.05) is 0 Å². The Labute approximate surface area is 112 Å². The van der Waals surface area contributed by atoms with Crippen molar-refractivity contribution < 1.29 is 4.39 Å². The number of hydrogen-bond acceptors (Lipinski definition) is 1. The number of halogens is 2. The van der Waals surface area contributed by atoms with Gasteiger partial charge < -0.3 is 4.98 Å². The van der Waals surface area contributed by atoms with Gasteiger partial charge in [-0.2, -0.15) is 0 Å². The van der Waals surface area contributed by atoms with Gasteiger partial charge in [0.25, 0.3) is 0 Å².